The molecule has 2 aromatic carbocycles. The molecule has 2 aromatic rings. The Kier molecular flexibility index (Phi) is 13.8. The Hall–Kier alpha value is -2.70. The van der Waals surface area contributed by atoms with Crippen molar-refractivity contribution in [2.24, 2.45) is 5.41 Å². The Morgan fingerprint density at radius 2 is 1.48 bits per heavy atom. The fourth-order valence-electron chi connectivity index (χ4n) is 2.31. The van der Waals surface area contributed by atoms with Gasteiger partial charge in [0.1, 0.15) is 12.1 Å². The number of methoxy groups -OCH3 is 1. The Morgan fingerprint density at radius 3 is 1.77 bits per heavy atom. The van der Waals surface area contributed by atoms with Gasteiger partial charge in [0.2, 0.25) is 9.76 Å². The molecule has 0 bridgehead atoms. The summed E-state index contributed by atoms with van der Waals surface area (Å²) >= 11 is 0. The number of aliphatic hydroxyl groups is 1. The van der Waals surface area contributed by atoms with Crippen LogP contribution in [0.1, 0.15) is 56.6 Å². The van der Waals surface area contributed by atoms with E-state index in [-0.39, 0.29) is 15.5 Å². The maximum atomic E-state index is 11.3. The van der Waals surface area contributed by atoms with Crippen LogP contribution in [0, 0.1) is 5.41 Å². The number of hydrogen-bond acceptors (Lipinski definition) is 5. The van der Waals surface area contributed by atoms with E-state index >= 15 is 0 Å². The second-order valence-corrected chi connectivity index (χ2v) is 8.41. The molecule has 31 heavy (non-hydrogen) atoms. The third-order valence-electron chi connectivity index (χ3n) is 4.51. The zero-order chi connectivity index (χ0) is 23.9. The van der Waals surface area contributed by atoms with Gasteiger partial charge < -0.3 is 14.3 Å². The molecule has 1 atom stereocenters. The standard InChI is InChI=1S/C12H16O2.C7H6O.C6H14O2Si/c1-9(13)12(2,3)11(14)10-7-5-4-6-8-10;8-6-7-4-2-1-3-5-7;1-5(2)6(7-3)8-9-4/h4-8,11,14H,1-3H3;1-6H;9H2,1-4H3. The summed E-state index contributed by atoms with van der Waals surface area (Å²) in [6.07, 6.45) is 0.0983. The van der Waals surface area contributed by atoms with E-state index in [1.165, 1.54) is 6.92 Å². The smallest absolute Gasteiger partial charge is 0.263 e. The van der Waals surface area contributed by atoms with Gasteiger partial charge in [0.05, 0.1) is 18.6 Å². The van der Waals surface area contributed by atoms with Crippen LogP contribution in [0.2, 0.25) is 6.55 Å². The Bertz CT molecular complexity index is 797. The number of carbonyl (C=O) groups is 2. The quantitative estimate of drug-likeness (QED) is 0.375. The molecule has 0 amide bonds. The molecule has 0 aliphatic heterocycles. The van der Waals surface area contributed by atoms with Crippen molar-refractivity contribution < 1.29 is 23.9 Å². The first kappa shape index (κ1) is 28.3. The molecule has 1 unspecified atom stereocenters. The lowest BCUT2D eigenvalue weighted by atomic mass is 9.79. The highest BCUT2D eigenvalue weighted by Crippen LogP contribution is 2.33. The van der Waals surface area contributed by atoms with E-state index in [1.807, 2.05) is 62.4 Å². The third kappa shape index (κ3) is 10.8. The lowest BCUT2D eigenvalue weighted by molar-refractivity contribution is -0.131. The van der Waals surface area contributed by atoms with Gasteiger partial charge in [-0.3, -0.25) is 9.59 Å². The maximum Gasteiger partial charge on any atom is 0.263 e. The number of Topliss-reactive ketones (excluding diaryl/α,β-unsaturated/α-hetero) is 1. The molecule has 0 saturated heterocycles. The summed E-state index contributed by atoms with van der Waals surface area (Å²) in [5, 5.41) is 10.00. The van der Waals surface area contributed by atoms with Gasteiger partial charge in [-0.1, -0.05) is 74.5 Å². The first-order valence-electron chi connectivity index (χ1n) is 10.2. The predicted octanol–water partition coefficient (Wildman–Crippen LogP) is 4.87. The van der Waals surface area contributed by atoms with Crippen molar-refractivity contribution in [2.75, 3.05) is 7.11 Å². The third-order valence-corrected chi connectivity index (χ3v) is 5.06. The van der Waals surface area contributed by atoms with Gasteiger partial charge in [0.15, 0.2) is 0 Å². The van der Waals surface area contributed by atoms with E-state index < -0.39 is 11.5 Å². The van der Waals surface area contributed by atoms with Crippen molar-refractivity contribution in [1.29, 1.82) is 0 Å². The molecule has 0 aliphatic carbocycles. The fraction of sp³-hybridized carbons (Fsp3) is 0.360. The molecular formula is C25H36O5Si. The van der Waals surface area contributed by atoms with E-state index in [2.05, 4.69) is 6.55 Å². The van der Waals surface area contributed by atoms with Crippen molar-refractivity contribution in [3.8, 4) is 0 Å². The van der Waals surface area contributed by atoms with E-state index in [0.717, 1.165) is 23.0 Å². The highest BCUT2D eigenvalue weighted by atomic mass is 28.2. The molecule has 5 nitrogen and oxygen atoms in total. The van der Waals surface area contributed by atoms with Crippen LogP contribution in [0.5, 0.6) is 0 Å². The van der Waals surface area contributed by atoms with Crippen LogP contribution in [0.15, 0.2) is 72.2 Å². The molecule has 170 valence electrons. The predicted molar refractivity (Wildman–Crippen MR) is 129 cm³/mol. The molecule has 1 N–H and O–H groups in total. The van der Waals surface area contributed by atoms with Crippen molar-refractivity contribution in [3.63, 3.8) is 0 Å². The van der Waals surface area contributed by atoms with Gasteiger partial charge in [-0.05, 0) is 32.9 Å². The van der Waals surface area contributed by atoms with E-state index in [1.54, 1.807) is 33.1 Å². The largest absolute Gasteiger partial charge is 0.525 e. The summed E-state index contributed by atoms with van der Waals surface area (Å²) in [7, 11) is 1.26. The summed E-state index contributed by atoms with van der Waals surface area (Å²) in [4.78, 5) is 21.3. The van der Waals surface area contributed by atoms with Crippen molar-refractivity contribution in [3.05, 3.63) is 83.3 Å². The van der Waals surface area contributed by atoms with Crippen LogP contribution in [-0.2, 0) is 14.0 Å². The molecule has 0 saturated carbocycles. The van der Waals surface area contributed by atoms with Gasteiger partial charge in [-0.2, -0.15) is 0 Å². The zero-order valence-electron chi connectivity index (χ0n) is 19.7. The fourth-order valence-corrected chi connectivity index (χ4v) is 2.98. The van der Waals surface area contributed by atoms with Crippen molar-refractivity contribution >= 4 is 21.8 Å². The number of aldehydes is 1. The van der Waals surface area contributed by atoms with Crippen LogP contribution >= 0.6 is 0 Å². The molecule has 0 heterocycles. The van der Waals surface area contributed by atoms with Gasteiger partial charge in [-0.25, -0.2) is 0 Å². The Balaban J connectivity index is 0.000000460. The van der Waals surface area contributed by atoms with Crippen LogP contribution in [-0.4, -0.2) is 34.0 Å². The molecule has 0 radical (unpaired) electrons. The van der Waals surface area contributed by atoms with E-state index in [0.29, 0.717) is 5.95 Å². The molecule has 6 heteroatoms. The summed E-state index contributed by atoms with van der Waals surface area (Å²) in [6.45, 7) is 11.0. The summed E-state index contributed by atoms with van der Waals surface area (Å²) < 4.78 is 10.2. The number of ketones is 1. The normalized spacial score (nSPS) is 11.2. The summed E-state index contributed by atoms with van der Waals surface area (Å²) in [5.41, 5.74) is 1.90. The van der Waals surface area contributed by atoms with Crippen molar-refractivity contribution in [1.82, 2.24) is 0 Å². The Labute approximate surface area is 189 Å². The second-order valence-electron chi connectivity index (χ2n) is 7.54. The number of rotatable bonds is 7. The number of allylic oxidation sites excluding steroid dienone is 1. The minimum absolute atomic E-state index is 0.00569. The number of carbonyl (C=O) groups excluding carboxylic acids is 2. The van der Waals surface area contributed by atoms with Gasteiger partial charge in [0, 0.05) is 11.1 Å². The minimum Gasteiger partial charge on any atom is -0.525 e. The molecule has 0 spiro atoms. The molecular weight excluding hydrogens is 408 g/mol. The van der Waals surface area contributed by atoms with Crippen LogP contribution in [0.4, 0.5) is 0 Å². The lowest BCUT2D eigenvalue weighted by Crippen LogP contribution is -2.29. The maximum absolute atomic E-state index is 11.3. The number of benzene rings is 2. The topological polar surface area (TPSA) is 72.8 Å². The number of ether oxygens (including phenoxy) is 1. The molecule has 0 aliphatic rings. The summed E-state index contributed by atoms with van der Waals surface area (Å²) in [5.74, 6) is 0.693. The lowest BCUT2D eigenvalue weighted by Gasteiger charge is -2.27. The minimum atomic E-state index is -0.735. The van der Waals surface area contributed by atoms with E-state index in [4.69, 9.17) is 9.16 Å². The number of aliphatic hydroxyl groups excluding tert-OH is 1. The molecule has 0 fully saturated rings. The van der Waals surface area contributed by atoms with Crippen LogP contribution < -0.4 is 0 Å². The molecule has 2 rings (SSSR count). The highest BCUT2D eigenvalue weighted by molar-refractivity contribution is 6.25. The van der Waals surface area contributed by atoms with Crippen LogP contribution in [0.3, 0.4) is 0 Å². The summed E-state index contributed by atoms with van der Waals surface area (Å²) in [6, 6.07) is 18.4. The Morgan fingerprint density at radius 1 is 1.00 bits per heavy atom. The molecule has 0 aromatic heterocycles. The van der Waals surface area contributed by atoms with E-state index in [9.17, 15) is 14.7 Å². The highest BCUT2D eigenvalue weighted by Gasteiger charge is 2.33. The first-order chi connectivity index (χ1) is 14.6. The van der Waals surface area contributed by atoms with Gasteiger partial charge in [-0.15, -0.1) is 0 Å². The first-order valence-corrected chi connectivity index (χ1v) is 12.2. The monoisotopic (exact) mass is 444 g/mol. The average molecular weight is 445 g/mol. The van der Waals surface area contributed by atoms with Gasteiger partial charge >= 0.3 is 0 Å². The zero-order valence-corrected chi connectivity index (χ0v) is 21.1. The van der Waals surface area contributed by atoms with Gasteiger partial charge in [0.25, 0.3) is 5.95 Å². The SMILES string of the molecule is CC(=O)C(C)(C)C(O)c1ccccc1.COC(O[SiH2]C)=C(C)C.O=Cc1ccccc1. The van der Waals surface area contributed by atoms with Crippen molar-refractivity contribution in [2.45, 2.75) is 47.3 Å². The number of hydrogen-bond donors (Lipinski definition) is 1. The average Bonchev–Trinajstić information content (AvgIpc) is 2.78. The van der Waals surface area contributed by atoms with Crippen LogP contribution in [0.25, 0.3) is 0 Å². The second kappa shape index (κ2) is 15.2.